The minimum absolute atomic E-state index is 0.149. The minimum atomic E-state index is -3.60. The molecule has 2 atom stereocenters. The minimum Gasteiger partial charge on any atom is -0.487 e. The van der Waals surface area contributed by atoms with Gasteiger partial charge in [0.2, 0.25) is 10.0 Å². The average molecular weight is 430 g/mol. The highest BCUT2D eigenvalue weighted by molar-refractivity contribution is 7.89. The largest absolute Gasteiger partial charge is 0.487 e. The molecule has 2 aliphatic heterocycles. The zero-order valence-corrected chi connectivity index (χ0v) is 18.6. The van der Waals surface area contributed by atoms with Crippen LogP contribution in [0, 0.1) is 5.92 Å². The van der Waals surface area contributed by atoms with Crippen LogP contribution in [0.3, 0.4) is 0 Å². The highest BCUT2D eigenvalue weighted by Crippen LogP contribution is 2.36. The topological polar surface area (TPSA) is 62.7 Å². The molecular weight excluding hydrogens is 398 g/mol. The second-order valence-corrected chi connectivity index (χ2v) is 10.5. The van der Waals surface area contributed by atoms with Gasteiger partial charge in [0.1, 0.15) is 16.7 Å². The lowest BCUT2D eigenvalue weighted by Crippen LogP contribution is -2.47. The molecule has 1 saturated heterocycles. The summed E-state index contributed by atoms with van der Waals surface area (Å²) >= 11 is 0. The van der Waals surface area contributed by atoms with Gasteiger partial charge in [0, 0.05) is 32.4 Å². The fourth-order valence-corrected chi connectivity index (χ4v) is 6.18. The molecule has 1 fully saturated rings. The number of sulfonamides is 1. The molecule has 7 heteroatoms. The molecule has 2 aromatic rings. The quantitative estimate of drug-likeness (QED) is 0.727. The van der Waals surface area contributed by atoms with Gasteiger partial charge in [-0.1, -0.05) is 32.0 Å². The Labute approximate surface area is 179 Å². The molecule has 0 unspecified atom stereocenters. The monoisotopic (exact) mass is 429 g/mol. The molecule has 1 aromatic carbocycles. The SMILES string of the molecule is CC(C)CCN1[C@H]2CCN(Cc3ccccn3)CC[C@@H]2Oc2ccccc2S1(=O)=O. The predicted molar refractivity (Wildman–Crippen MR) is 117 cm³/mol. The van der Waals surface area contributed by atoms with Crippen LogP contribution in [0.25, 0.3) is 0 Å². The van der Waals surface area contributed by atoms with Gasteiger partial charge in [-0.25, -0.2) is 8.42 Å². The molecule has 0 spiro atoms. The molecule has 0 radical (unpaired) electrons. The van der Waals surface area contributed by atoms with Gasteiger partial charge < -0.3 is 4.74 Å². The Morgan fingerprint density at radius 1 is 1.10 bits per heavy atom. The van der Waals surface area contributed by atoms with Crippen molar-refractivity contribution in [3.63, 3.8) is 0 Å². The van der Waals surface area contributed by atoms with Gasteiger partial charge >= 0.3 is 0 Å². The van der Waals surface area contributed by atoms with Gasteiger partial charge in [0.15, 0.2) is 0 Å². The van der Waals surface area contributed by atoms with Gasteiger partial charge in [0.05, 0.1) is 11.7 Å². The number of aromatic nitrogens is 1. The van der Waals surface area contributed by atoms with E-state index >= 15 is 0 Å². The number of fused-ring (bicyclic) bond motifs is 2. The first-order chi connectivity index (χ1) is 14.4. The van der Waals surface area contributed by atoms with E-state index < -0.39 is 10.0 Å². The fraction of sp³-hybridized carbons (Fsp3) is 0.522. The van der Waals surface area contributed by atoms with Crippen molar-refractivity contribution in [2.24, 2.45) is 5.92 Å². The van der Waals surface area contributed by atoms with Crippen LogP contribution in [0.4, 0.5) is 0 Å². The fourth-order valence-electron chi connectivity index (χ4n) is 4.36. The zero-order chi connectivity index (χ0) is 21.1. The summed E-state index contributed by atoms with van der Waals surface area (Å²) in [6, 6.07) is 12.9. The van der Waals surface area contributed by atoms with Crippen molar-refractivity contribution in [3.05, 3.63) is 54.4 Å². The summed E-state index contributed by atoms with van der Waals surface area (Å²) in [5.74, 6) is 0.919. The Kier molecular flexibility index (Phi) is 6.41. The summed E-state index contributed by atoms with van der Waals surface area (Å²) in [6.07, 6.45) is 4.05. The van der Waals surface area contributed by atoms with Gasteiger partial charge in [-0.3, -0.25) is 9.88 Å². The number of hydrogen-bond acceptors (Lipinski definition) is 5. The first-order valence-electron chi connectivity index (χ1n) is 10.8. The molecule has 1 aromatic heterocycles. The highest BCUT2D eigenvalue weighted by Gasteiger charge is 2.43. The third-order valence-corrected chi connectivity index (χ3v) is 7.99. The third kappa shape index (κ3) is 4.53. The van der Waals surface area contributed by atoms with E-state index in [9.17, 15) is 8.42 Å². The van der Waals surface area contributed by atoms with Crippen molar-refractivity contribution >= 4 is 10.0 Å². The molecule has 0 bridgehead atoms. The van der Waals surface area contributed by atoms with Crippen molar-refractivity contribution in [3.8, 4) is 5.75 Å². The van der Waals surface area contributed by atoms with Crippen molar-refractivity contribution in [1.82, 2.24) is 14.2 Å². The maximum absolute atomic E-state index is 13.6. The molecule has 4 rings (SSSR count). The number of rotatable bonds is 5. The number of pyridine rings is 1. The number of hydrogen-bond donors (Lipinski definition) is 0. The highest BCUT2D eigenvalue weighted by atomic mass is 32.2. The van der Waals surface area contributed by atoms with E-state index in [-0.39, 0.29) is 12.1 Å². The van der Waals surface area contributed by atoms with Crippen LogP contribution in [0.5, 0.6) is 5.75 Å². The van der Waals surface area contributed by atoms with E-state index in [0.29, 0.717) is 23.1 Å². The molecular formula is C23H31N3O3S. The van der Waals surface area contributed by atoms with Crippen LogP contribution in [0.1, 0.15) is 38.8 Å². The van der Waals surface area contributed by atoms with Crippen molar-refractivity contribution in [2.75, 3.05) is 19.6 Å². The maximum Gasteiger partial charge on any atom is 0.247 e. The van der Waals surface area contributed by atoms with Gasteiger partial charge in [-0.2, -0.15) is 4.31 Å². The lowest BCUT2D eigenvalue weighted by molar-refractivity contribution is 0.111. The van der Waals surface area contributed by atoms with Crippen LogP contribution in [-0.2, 0) is 16.6 Å². The number of para-hydroxylation sites is 1. The smallest absolute Gasteiger partial charge is 0.247 e. The number of ether oxygens (including phenoxy) is 1. The average Bonchev–Trinajstić information content (AvgIpc) is 2.96. The van der Waals surface area contributed by atoms with Crippen LogP contribution in [0.15, 0.2) is 53.6 Å². The Morgan fingerprint density at radius 2 is 1.87 bits per heavy atom. The second kappa shape index (κ2) is 9.04. The van der Waals surface area contributed by atoms with Gasteiger partial charge in [-0.15, -0.1) is 0 Å². The van der Waals surface area contributed by atoms with E-state index in [1.165, 1.54) is 0 Å². The Bertz CT molecular complexity index is 949. The summed E-state index contributed by atoms with van der Waals surface area (Å²) in [4.78, 5) is 7.11. The second-order valence-electron chi connectivity index (χ2n) is 8.64. The molecule has 0 saturated carbocycles. The van der Waals surface area contributed by atoms with Crippen molar-refractivity contribution in [2.45, 2.75) is 56.7 Å². The van der Waals surface area contributed by atoms with Crippen LogP contribution >= 0.6 is 0 Å². The van der Waals surface area contributed by atoms with E-state index in [0.717, 1.165) is 44.6 Å². The molecule has 3 heterocycles. The summed E-state index contributed by atoms with van der Waals surface area (Å²) in [5.41, 5.74) is 1.04. The first-order valence-corrected chi connectivity index (χ1v) is 12.3. The third-order valence-electron chi connectivity index (χ3n) is 6.02. The molecule has 0 amide bonds. The molecule has 2 aliphatic rings. The molecule has 6 nitrogen and oxygen atoms in total. The molecule has 162 valence electrons. The van der Waals surface area contributed by atoms with Gasteiger partial charge in [-0.05, 0) is 49.4 Å². The Hall–Kier alpha value is -1.96. The first kappa shape index (κ1) is 21.3. The standard InChI is InChI=1S/C23H31N3O3S/c1-18(2)10-16-26-20-11-14-25(17-19-7-5-6-13-24-19)15-12-21(20)29-22-8-3-4-9-23(22)30(26,27)28/h3-9,13,18,20-21H,10-12,14-17H2,1-2H3/t20-,21-/m0/s1. The van der Waals surface area contributed by atoms with E-state index in [1.807, 2.05) is 30.5 Å². The van der Waals surface area contributed by atoms with E-state index in [1.54, 1.807) is 22.5 Å². The zero-order valence-electron chi connectivity index (χ0n) is 17.8. The van der Waals surface area contributed by atoms with Crippen LogP contribution in [0.2, 0.25) is 0 Å². The van der Waals surface area contributed by atoms with Crippen molar-refractivity contribution < 1.29 is 13.2 Å². The van der Waals surface area contributed by atoms with E-state index in [4.69, 9.17) is 4.74 Å². The predicted octanol–water partition coefficient (Wildman–Crippen LogP) is 3.54. The number of benzene rings is 1. The summed E-state index contributed by atoms with van der Waals surface area (Å²) in [7, 11) is -3.60. The maximum atomic E-state index is 13.6. The summed E-state index contributed by atoms with van der Waals surface area (Å²) in [6.45, 7) is 7.25. The summed E-state index contributed by atoms with van der Waals surface area (Å²) in [5, 5.41) is 0. The molecule has 0 N–H and O–H groups in total. The van der Waals surface area contributed by atoms with Crippen LogP contribution < -0.4 is 4.74 Å². The number of likely N-dealkylation sites (tertiary alicyclic amines) is 1. The Balaban J connectivity index is 1.62. The number of nitrogens with zero attached hydrogens (tertiary/aromatic N) is 3. The van der Waals surface area contributed by atoms with E-state index in [2.05, 4.69) is 23.7 Å². The molecule has 30 heavy (non-hydrogen) atoms. The van der Waals surface area contributed by atoms with Crippen LogP contribution in [-0.4, -0.2) is 54.4 Å². The normalized spacial score (nSPS) is 24.4. The van der Waals surface area contributed by atoms with Crippen molar-refractivity contribution in [1.29, 1.82) is 0 Å². The van der Waals surface area contributed by atoms with Gasteiger partial charge in [0.25, 0.3) is 0 Å². The lowest BCUT2D eigenvalue weighted by Gasteiger charge is -2.32. The molecule has 0 aliphatic carbocycles. The Morgan fingerprint density at radius 3 is 2.63 bits per heavy atom. The summed E-state index contributed by atoms with van der Waals surface area (Å²) < 4.78 is 35.3. The lowest BCUT2D eigenvalue weighted by atomic mass is 10.0.